The van der Waals surface area contributed by atoms with Crippen molar-refractivity contribution >= 4 is 87.4 Å². The molecule has 0 bridgehead atoms. The highest BCUT2D eigenvalue weighted by Gasteiger charge is 2.31. The van der Waals surface area contributed by atoms with Gasteiger partial charge in [0.2, 0.25) is 5.95 Å². The molecular formula is C31H28F6IN7S3. The molecule has 48 heavy (non-hydrogen) atoms. The maximum Gasteiger partial charge on any atom is 0.416 e. The second-order valence-electron chi connectivity index (χ2n) is 9.48. The van der Waals surface area contributed by atoms with Crippen LogP contribution in [0.15, 0.2) is 111 Å². The fourth-order valence-electron chi connectivity index (χ4n) is 3.86. The molecule has 1 heterocycles. The number of halogens is 7. The van der Waals surface area contributed by atoms with E-state index in [1.807, 2.05) is 42.7 Å². The molecule has 6 N–H and O–H groups in total. The number of nitrogens with two attached hydrogens (primary N) is 2. The number of aromatic amines is 1. The van der Waals surface area contributed by atoms with E-state index in [4.69, 9.17) is 11.5 Å². The molecule has 0 saturated carbocycles. The Morgan fingerprint density at radius 3 is 2.04 bits per heavy atom. The summed E-state index contributed by atoms with van der Waals surface area (Å²) in [7, 11) is 0. The molecule has 0 radical (unpaired) electrons. The molecule has 0 aliphatic heterocycles. The highest BCUT2D eigenvalue weighted by Crippen LogP contribution is 2.34. The first-order chi connectivity index (χ1) is 22.2. The molecule has 0 aliphatic carbocycles. The molecule has 1 aromatic heterocycles. The van der Waals surface area contributed by atoms with Gasteiger partial charge in [0.15, 0.2) is 11.0 Å². The molecule has 0 atom stereocenters. The number of alkyl halides is 6. The summed E-state index contributed by atoms with van der Waals surface area (Å²) in [6.07, 6.45) is -5.05. The van der Waals surface area contributed by atoms with E-state index in [1.165, 1.54) is 36.0 Å². The van der Waals surface area contributed by atoms with Crippen LogP contribution in [0.3, 0.4) is 0 Å². The molecule has 5 rings (SSSR count). The van der Waals surface area contributed by atoms with E-state index in [0.29, 0.717) is 5.82 Å². The number of benzene rings is 4. The number of aromatic nitrogens is 3. The van der Waals surface area contributed by atoms with Crippen LogP contribution in [0.4, 0.5) is 49.4 Å². The van der Waals surface area contributed by atoms with Crippen LogP contribution in [0.2, 0.25) is 0 Å². The van der Waals surface area contributed by atoms with Crippen molar-refractivity contribution in [1.29, 1.82) is 0 Å². The smallest absolute Gasteiger partial charge is 0.399 e. The summed E-state index contributed by atoms with van der Waals surface area (Å²) in [6.45, 7) is 0. The van der Waals surface area contributed by atoms with Gasteiger partial charge in [0, 0.05) is 31.6 Å². The summed E-state index contributed by atoms with van der Waals surface area (Å²) in [5.74, 6) is 0.687. The molecule has 0 spiro atoms. The number of nitrogen functional groups attached to an aromatic ring is 1. The molecule has 5 aromatic rings. The summed E-state index contributed by atoms with van der Waals surface area (Å²) in [4.78, 5) is 11.3. The van der Waals surface area contributed by atoms with E-state index in [2.05, 4.69) is 31.6 Å². The van der Waals surface area contributed by atoms with Crippen LogP contribution in [0.1, 0.15) is 11.1 Å². The van der Waals surface area contributed by atoms with E-state index in [9.17, 15) is 26.3 Å². The first kappa shape index (κ1) is 38.9. The number of hydrogen-bond donors (Lipinski definition) is 4. The monoisotopic (exact) mass is 835 g/mol. The van der Waals surface area contributed by atoms with E-state index in [-0.39, 0.29) is 46.5 Å². The minimum absolute atomic E-state index is 0. The first-order valence-electron chi connectivity index (χ1n) is 13.4. The summed E-state index contributed by atoms with van der Waals surface area (Å²) < 4.78 is 75.6. The average molecular weight is 836 g/mol. The Morgan fingerprint density at radius 2 is 1.42 bits per heavy atom. The molecule has 0 unspecified atom stereocenters. The quantitative estimate of drug-likeness (QED) is 0.0320. The third-order valence-corrected chi connectivity index (χ3v) is 8.25. The van der Waals surface area contributed by atoms with Gasteiger partial charge in [-0.3, -0.25) is 5.10 Å². The summed E-state index contributed by atoms with van der Waals surface area (Å²) in [6, 6.07) is 23.3. The fourth-order valence-corrected chi connectivity index (χ4v) is 5.56. The predicted molar refractivity (Wildman–Crippen MR) is 195 cm³/mol. The zero-order valence-electron chi connectivity index (χ0n) is 25.1. The number of amidine groups is 1. The van der Waals surface area contributed by atoms with Crippen molar-refractivity contribution in [3.05, 3.63) is 102 Å². The SMILES string of the molecule is CSC(N)=Nc1cccc(C(F)(F)F)c1.CSc1cc(N)cc(Sc2ccc(-c3nc(Nc4cccc(C(F)(F)F)c4)n[nH]3)cc2)c1.I. The van der Waals surface area contributed by atoms with Crippen LogP contribution in [0, 0.1) is 0 Å². The average Bonchev–Trinajstić information content (AvgIpc) is 3.49. The number of nitrogens with zero attached hydrogens (tertiary/aromatic N) is 3. The van der Waals surface area contributed by atoms with Crippen molar-refractivity contribution in [2.24, 2.45) is 10.7 Å². The van der Waals surface area contributed by atoms with Crippen LogP contribution in [-0.2, 0) is 12.4 Å². The Hall–Kier alpha value is -3.55. The summed E-state index contributed by atoms with van der Waals surface area (Å²) in [5, 5.41) is 9.88. The van der Waals surface area contributed by atoms with Crippen LogP contribution in [-0.4, -0.2) is 32.9 Å². The molecule has 0 amide bonds. The van der Waals surface area contributed by atoms with Crippen LogP contribution in [0.5, 0.6) is 0 Å². The van der Waals surface area contributed by atoms with Crippen molar-refractivity contribution in [2.75, 3.05) is 23.6 Å². The van der Waals surface area contributed by atoms with Gasteiger partial charge in [0.25, 0.3) is 0 Å². The number of H-pyrrole nitrogens is 1. The van der Waals surface area contributed by atoms with Gasteiger partial charge in [0.1, 0.15) is 0 Å². The van der Waals surface area contributed by atoms with Gasteiger partial charge in [-0.25, -0.2) is 4.99 Å². The zero-order chi connectivity index (χ0) is 34.2. The van der Waals surface area contributed by atoms with Crippen molar-refractivity contribution in [3.63, 3.8) is 0 Å². The lowest BCUT2D eigenvalue weighted by atomic mass is 10.2. The maximum absolute atomic E-state index is 12.9. The molecular weight excluding hydrogens is 807 g/mol. The van der Waals surface area contributed by atoms with Gasteiger partial charge in [-0.1, -0.05) is 47.8 Å². The molecule has 17 heteroatoms. The lowest BCUT2D eigenvalue weighted by Crippen LogP contribution is -2.06. The highest BCUT2D eigenvalue weighted by molar-refractivity contribution is 14.0. The number of aliphatic imine (C=N–C) groups is 1. The maximum atomic E-state index is 12.9. The number of hydrogen-bond acceptors (Lipinski definition) is 8. The summed E-state index contributed by atoms with van der Waals surface area (Å²) >= 11 is 4.42. The van der Waals surface area contributed by atoms with E-state index in [1.54, 1.807) is 29.8 Å². The van der Waals surface area contributed by atoms with Gasteiger partial charge in [-0.15, -0.1) is 40.8 Å². The van der Waals surface area contributed by atoms with Crippen molar-refractivity contribution in [2.45, 2.75) is 27.0 Å². The van der Waals surface area contributed by atoms with Gasteiger partial charge < -0.3 is 16.8 Å². The predicted octanol–water partition coefficient (Wildman–Crippen LogP) is 10.3. The number of thioether (sulfide) groups is 2. The first-order valence-corrected chi connectivity index (χ1v) is 16.6. The minimum atomic E-state index is -4.41. The Kier molecular flexibility index (Phi) is 13.9. The Bertz CT molecular complexity index is 1830. The molecule has 254 valence electrons. The second kappa shape index (κ2) is 17.2. The van der Waals surface area contributed by atoms with Crippen LogP contribution < -0.4 is 16.8 Å². The van der Waals surface area contributed by atoms with Crippen LogP contribution >= 0.6 is 59.3 Å². The number of anilines is 3. The lowest BCUT2D eigenvalue weighted by molar-refractivity contribution is -0.138. The summed E-state index contributed by atoms with van der Waals surface area (Å²) in [5.41, 5.74) is 11.9. The second-order valence-corrected chi connectivity index (χ2v) is 12.3. The molecule has 7 nitrogen and oxygen atoms in total. The fraction of sp³-hybridized carbons (Fsp3) is 0.129. The topological polar surface area (TPSA) is 118 Å². The molecule has 0 fully saturated rings. The van der Waals surface area contributed by atoms with Gasteiger partial charge >= 0.3 is 12.4 Å². The van der Waals surface area contributed by atoms with E-state index in [0.717, 1.165) is 50.2 Å². The van der Waals surface area contributed by atoms with Crippen molar-refractivity contribution < 1.29 is 26.3 Å². The minimum Gasteiger partial charge on any atom is -0.399 e. The van der Waals surface area contributed by atoms with E-state index < -0.39 is 23.5 Å². The molecule has 0 saturated heterocycles. The largest absolute Gasteiger partial charge is 0.416 e. The van der Waals surface area contributed by atoms with Gasteiger partial charge in [-0.05, 0) is 79.2 Å². The van der Waals surface area contributed by atoms with E-state index >= 15 is 0 Å². The third kappa shape index (κ3) is 11.6. The Morgan fingerprint density at radius 1 is 0.792 bits per heavy atom. The van der Waals surface area contributed by atoms with Crippen molar-refractivity contribution in [3.8, 4) is 11.4 Å². The van der Waals surface area contributed by atoms with Crippen molar-refractivity contribution in [1.82, 2.24) is 15.2 Å². The van der Waals surface area contributed by atoms with Gasteiger partial charge in [0.05, 0.1) is 16.8 Å². The molecule has 4 aromatic carbocycles. The molecule has 0 aliphatic rings. The standard InChI is InChI=1S/C22H18F3N5S2.C9H9F3N2S.HI/c1-31-18-10-15(26)11-19(12-18)32-17-7-5-13(6-8-17)20-28-21(30-29-20)27-16-4-2-3-14(9-16)22(23,24)25;1-15-8(13)14-7-4-2-3-6(5-7)9(10,11)12;/h2-12H,26H2,1H3,(H2,27,28,29,30);2-5H,1H3,(H2,13,14);1H. The Labute approximate surface area is 302 Å². The highest BCUT2D eigenvalue weighted by atomic mass is 127. The zero-order valence-corrected chi connectivity index (χ0v) is 29.8. The van der Waals surface area contributed by atoms with Gasteiger partial charge in [-0.2, -0.15) is 31.3 Å². The lowest BCUT2D eigenvalue weighted by Gasteiger charge is -2.08. The number of rotatable bonds is 7. The third-order valence-electron chi connectivity index (χ3n) is 6.05. The number of nitrogens with one attached hydrogen (secondary N) is 2. The normalized spacial score (nSPS) is 11.7. The van der Waals surface area contributed by atoms with Crippen LogP contribution in [0.25, 0.3) is 11.4 Å². The Balaban J connectivity index is 0.000000330.